The van der Waals surface area contributed by atoms with Gasteiger partial charge in [-0.1, -0.05) is 30.3 Å². The van der Waals surface area contributed by atoms with Gasteiger partial charge in [0, 0.05) is 6.61 Å². The molecule has 1 atom stereocenters. The number of carboxylic acid groups (broad SMARTS) is 1. The van der Waals surface area contributed by atoms with Crippen LogP contribution in [0.15, 0.2) is 30.3 Å². The van der Waals surface area contributed by atoms with Crippen molar-refractivity contribution in [2.45, 2.75) is 18.8 Å². The third-order valence-electron chi connectivity index (χ3n) is 2.15. The Morgan fingerprint density at radius 1 is 1.29 bits per heavy atom. The molecule has 0 radical (unpaired) electrons. The van der Waals surface area contributed by atoms with Gasteiger partial charge in [0.25, 0.3) is 0 Å². The third kappa shape index (κ3) is 2.85. The highest BCUT2D eigenvalue weighted by Crippen LogP contribution is 2.20. The molecule has 0 aliphatic heterocycles. The molecule has 1 aromatic rings. The minimum Gasteiger partial charge on any atom is -0.481 e. The maximum Gasteiger partial charge on any atom is 0.310 e. The second-order valence-corrected chi connectivity index (χ2v) is 3.17. The van der Waals surface area contributed by atoms with Crippen LogP contribution in [0.5, 0.6) is 0 Å². The summed E-state index contributed by atoms with van der Waals surface area (Å²) in [4.78, 5) is 10.9. The average Bonchev–Trinajstić information content (AvgIpc) is 2.19. The molecule has 0 bridgehead atoms. The van der Waals surface area contributed by atoms with Crippen LogP contribution in [0.3, 0.4) is 0 Å². The van der Waals surface area contributed by atoms with Crippen LogP contribution >= 0.6 is 0 Å². The number of aliphatic carboxylic acids is 1. The van der Waals surface area contributed by atoms with Gasteiger partial charge >= 0.3 is 5.97 Å². The number of hydrogen-bond acceptors (Lipinski definition) is 2. The van der Waals surface area contributed by atoms with E-state index < -0.39 is 11.9 Å². The van der Waals surface area contributed by atoms with Crippen molar-refractivity contribution < 1.29 is 15.0 Å². The van der Waals surface area contributed by atoms with E-state index in [1.807, 2.05) is 18.2 Å². The van der Waals surface area contributed by atoms with Crippen LogP contribution in [0.25, 0.3) is 0 Å². The standard InChI is InChI=1S/C11H14O3/c12-8-4-7-10(11(13)14)9-5-2-1-3-6-9/h1-3,5-6,10,12H,4,7-8H2,(H,13,14). The summed E-state index contributed by atoms with van der Waals surface area (Å²) in [5.74, 6) is -1.33. The van der Waals surface area contributed by atoms with E-state index in [4.69, 9.17) is 10.2 Å². The summed E-state index contributed by atoms with van der Waals surface area (Å²) >= 11 is 0. The molecule has 3 heteroatoms. The lowest BCUT2D eigenvalue weighted by atomic mass is 9.95. The molecule has 3 nitrogen and oxygen atoms in total. The topological polar surface area (TPSA) is 57.5 Å². The molecule has 0 amide bonds. The predicted molar refractivity (Wildman–Crippen MR) is 53.1 cm³/mol. The lowest BCUT2D eigenvalue weighted by molar-refractivity contribution is -0.139. The first kappa shape index (κ1) is 10.7. The van der Waals surface area contributed by atoms with Crippen LogP contribution in [-0.4, -0.2) is 22.8 Å². The molecule has 0 heterocycles. The van der Waals surface area contributed by atoms with E-state index in [0.29, 0.717) is 12.8 Å². The molecule has 1 aromatic carbocycles. The van der Waals surface area contributed by atoms with E-state index >= 15 is 0 Å². The van der Waals surface area contributed by atoms with Crippen LogP contribution < -0.4 is 0 Å². The number of aliphatic hydroxyl groups is 1. The molecular formula is C11H14O3. The Hall–Kier alpha value is -1.35. The monoisotopic (exact) mass is 194 g/mol. The highest BCUT2D eigenvalue weighted by molar-refractivity contribution is 5.75. The number of carbonyl (C=O) groups is 1. The van der Waals surface area contributed by atoms with E-state index in [2.05, 4.69) is 0 Å². The molecule has 14 heavy (non-hydrogen) atoms. The number of hydrogen-bond donors (Lipinski definition) is 2. The summed E-state index contributed by atoms with van der Waals surface area (Å²) in [5, 5.41) is 17.6. The Kier molecular flexibility index (Phi) is 4.13. The van der Waals surface area contributed by atoms with Crippen molar-refractivity contribution in [2.24, 2.45) is 0 Å². The zero-order valence-corrected chi connectivity index (χ0v) is 7.89. The second kappa shape index (κ2) is 5.40. The van der Waals surface area contributed by atoms with Crippen molar-refractivity contribution in [1.82, 2.24) is 0 Å². The average molecular weight is 194 g/mol. The SMILES string of the molecule is O=C(O)C(CCCO)c1ccccc1. The summed E-state index contributed by atoms with van der Waals surface area (Å²) in [6.45, 7) is 0.0383. The van der Waals surface area contributed by atoms with Crippen molar-refractivity contribution in [2.75, 3.05) is 6.61 Å². The normalized spacial score (nSPS) is 12.4. The molecule has 76 valence electrons. The van der Waals surface area contributed by atoms with E-state index in [0.717, 1.165) is 5.56 Å². The zero-order valence-electron chi connectivity index (χ0n) is 7.89. The van der Waals surface area contributed by atoms with Gasteiger partial charge in [-0.05, 0) is 18.4 Å². The lowest BCUT2D eigenvalue weighted by Gasteiger charge is -2.11. The minimum absolute atomic E-state index is 0.0383. The Morgan fingerprint density at radius 3 is 2.43 bits per heavy atom. The first-order chi connectivity index (χ1) is 6.75. The smallest absolute Gasteiger partial charge is 0.310 e. The van der Waals surface area contributed by atoms with Crippen LogP contribution in [0.4, 0.5) is 0 Å². The van der Waals surface area contributed by atoms with E-state index in [1.165, 1.54) is 0 Å². The molecule has 0 spiro atoms. The number of carboxylic acids is 1. The first-order valence-corrected chi connectivity index (χ1v) is 4.64. The van der Waals surface area contributed by atoms with Gasteiger partial charge in [-0.15, -0.1) is 0 Å². The highest BCUT2D eigenvalue weighted by Gasteiger charge is 2.18. The predicted octanol–water partition coefficient (Wildman–Crippen LogP) is 1.63. The highest BCUT2D eigenvalue weighted by atomic mass is 16.4. The summed E-state index contributed by atoms with van der Waals surface area (Å²) in [6, 6.07) is 9.11. The van der Waals surface area contributed by atoms with Crippen LogP contribution in [0.2, 0.25) is 0 Å². The quantitative estimate of drug-likeness (QED) is 0.749. The van der Waals surface area contributed by atoms with Crippen LogP contribution in [-0.2, 0) is 4.79 Å². The lowest BCUT2D eigenvalue weighted by Crippen LogP contribution is -2.12. The minimum atomic E-state index is -0.829. The van der Waals surface area contributed by atoms with Crippen molar-refractivity contribution in [1.29, 1.82) is 0 Å². The Labute approximate surface area is 83.0 Å². The Morgan fingerprint density at radius 2 is 1.93 bits per heavy atom. The van der Waals surface area contributed by atoms with Crippen molar-refractivity contribution in [3.05, 3.63) is 35.9 Å². The summed E-state index contributed by atoms with van der Waals surface area (Å²) in [6.07, 6.45) is 1.00. The molecule has 0 aromatic heterocycles. The molecule has 2 N–H and O–H groups in total. The van der Waals surface area contributed by atoms with E-state index in [9.17, 15) is 4.79 Å². The number of aliphatic hydroxyl groups excluding tert-OH is 1. The molecular weight excluding hydrogens is 180 g/mol. The first-order valence-electron chi connectivity index (χ1n) is 4.64. The molecule has 0 aliphatic carbocycles. The fourth-order valence-corrected chi connectivity index (χ4v) is 1.41. The van der Waals surface area contributed by atoms with Crippen molar-refractivity contribution >= 4 is 5.97 Å². The van der Waals surface area contributed by atoms with Gasteiger partial charge in [0.2, 0.25) is 0 Å². The molecule has 0 saturated heterocycles. The molecule has 1 unspecified atom stereocenters. The molecule has 1 rings (SSSR count). The third-order valence-corrected chi connectivity index (χ3v) is 2.15. The van der Waals surface area contributed by atoms with Crippen LogP contribution in [0, 0.1) is 0 Å². The van der Waals surface area contributed by atoms with Gasteiger partial charge in [0.05, 0.1) is 5.92 Å². The van der Waals surface area contributed by atoms with Crippen molar-refractivity contribution in [3.8, 4) is 0 Å². The summed E-state index contributed by atoms with van der Waals surface area (Å²) in [5.41, 5.74) is 0.799. The van der Waals surface area contributed by atoms with Gasteiger partial charge in [0.15, 0.2) is 0 Å². The zero-order chi connectivity index (χ0) is 10.4. The van der Waals surface area contributed by atoms with Gasteiger partial charge in [-0.3, -0.25) is 4.79 Å². The Balaban J connectivity index is 2.73. The van der Waals surface area contributed by atoms with E-state index in [1.54, 1.807) is 12.1 Å². The summed E-state index contributed by atoms with van der Waals surface area (Å²) in [7, 11) is 0. The van der Waals surface area contributed by atoms with Crippen LogP contribution in [0.1, 0.15) is 24.3 Å². The maximum atomic E-state index is 10.9. The summed E-state index contributed by atoms with van der Waals surface area (Å²) < 4.78 is 0. The van der Waals surface area contributed by atoms with E-state index in [-0.39, 0.29) is 6.61 Å². The Bertz CT molecular complexity index is 282. The fraction of sp³-hybridized carbons (Fsp3) is 0.364. The van der Waals surface area contributed by atoms with Gasteiger partial charge < -0.3 is 10.2 Å². The second-order valence-electron chi connectivity index (χ2n) is 3.17. The van der Waals surface area contributed by atoms with Gasteiger partial charge in [-0.2, -0.15) is 0 Å². The maximum absolute atomic E-state index is 10.9. The largest absolute Gasteiger partial charge is 0.481 e. The molecule has 0 fully saturated rings. The molecule has 0 saturated carbocycles. The van der Waals surface area contributed by atoms with Crippen molar-refractivity contribution in [3.63, 3.8) is 0 Å². The van der Waals surface area contributed by atoms with Gasteiger partial charge in [0.1, 0.15) is 0 Å². The van der Waals surface area contributed by atoms with Gasteiger partial charge in [-0.25, -0.2) is 0 Å². The number of rotatable bonds is 5. The fourth-order valence-electron chi connectivity index (χ4n) is 1.41. The number of benzene rings is 1. The molecule has 0 aliphatic rings.